The van der Waals surface area contributed by atoms with E-state index >= 15 is 0 Å². The second-order valence-corrected chi connectivity index (χ2v) is 10.4. The van der Waals surface area contributed by atoms with Gasteiger partial charge in [-0.15, -0.1) is 0 Å². The standard InChI is InChI=1S/C33H36N2O3/c1-5-23-6-8-24(9-7-23)25-10-12-26(13-11-25)32-34-22(3)31(35(32)4)18-19-38-28-15-17-30-27(20-28)14-16-29(30)21(2)33(36)37/h6-13,15,17,20-21,29H,5,14,16,18-19H2,1-4H3,(H,36,37)/t21-,29-/m0/s1. The van der Waals surface area contributed by atoms with Gasteiger partial charge in [-0.25, -0.2) is 4.98 Å². The number of carboxylic acids is 1. The molecule has 5 heteroatoms. The number of carbonyl (C=O) groups is 1. The second-order valence-electron chi connectivity index (χ2n) is 10.4. The van der Waals surface area contributed by atoms with Crippen LogP contribution in [0.15, 0.2) is 66.7 Å². The van der Waals surface area contributed by atoms with Crippen molar-refractivity contribution < 1.29 is 14.6 Å². The first-order valence-corrected chi connectivity index (χ1v) is 13.6. The molecule has 1 aromatic heterocycles. The van der Waals surface area contributed by atoms with Crippen molar-refractivity contribution in [3.8, 4) is 28.3 Å². The summed E-state index contributed by atoms with van der Waals surface area (Å²) in [6.45, 7) is 6.59. The molecule has 0 saturated carbocycles. The van der Waals surface area contributed by atoms with Gasteiger partial charge in [0, 0.05) is 24.7 Å². The zero-order valence-electron chi connectivity index (χ0n) is 22.7. The van der Waals surface area contributed by atoms with Crippen LogP contribution in [0.3, 0.4) is 0 Å². The maximum absolute atomic E-state index is 11.4. The predicted octanol–water partition coefficient (Wildman–Crippen LogP) is 7.00. The summed E-state index contributed by atoms with van der Waals surface area (Å²) in [7, 11) is 2.07. The van der Waals surface area contributed by atoms with Gasteiger partial charge in [-0.2, -0.15) is 0 Å². The Morgan fingerprint density at radius 2 is 1.71 bits per heavy atom. The summed E-state index contributed by atoms with van der Waals surface area (Å²) >= 11 is 0. The molecule has 0 unspecified atom stereocenters. The minimum absolute atomic E-state index is 0.0859. The molecule has 1 heterocycles. The van der Waals surface area contributed by atoms with Gasteiger partial charge in [-0.05, 0) is 72.1 Å². The van der Waals surface area contributed by atoms with Gasteiger partial charge in [0.1, 0.15) is 11.6 Å². The van der Waals surface area contributed by atoms with Gasteiger partial charge < -0.3 is 14.4 Å². The van der Waals surface area contributed by atoms with E-state index in [1.165, 1.54) is 22.3 Å². The lowest BCUT2D eigenvalue weighted by Gasteiger charge is -2.16. The zero-order valence-corrected chi connectivity index (χ0v) is 22.7. The third kappa shape index (κ3) is 5.10. The van der Waals surface area contributed by atoms with Gasteiger partial charge in [0.2, 0.25) is 0 Å². The lowest BCUT2D eigenvalue weighted by molar-refractivity contribution is -0.141. The van der Waals surface area contributed by atoms with Crippen molar-refractivity contribution in [2.75, 3.05) is 6.61 Å². The number of aryl methyl sites for hydroxylation is 3. The first kappa shape index (κ1) is 25.8. The minimum Gasteiger partial charge on any atom is -0.493 e. The molecule has 38 heavy (non-hydrogen) atoms. The van der Waals surface area contributed by atoms with Gasteiger partial charge in [-0.3, -0.25) is 4.79 Å². The number of ether oxygens (including phenoxy) is 1. The van der Waals surface area contributed by atoms with Gasteiger partial charge in [0.25, 0.3) is 0 Å². The predicted molar refractivity (Wildman–Crippen MR) is 152 cm³/mol. The first-order valence-electron chi connectivity index (χ1n) is 13.6. The number of fused-ring (bicyclic) bond motifs is 1. The summed E-state index contributed by atoms with van der Waals surface area (Å²) in [4.78, 5) is 16.3. The van der Waals surface area contributed by atoms with Crippen LogP contribution >= 0.6 is 0 Å². The van der Waals surface area contributed by atoms with Crippen LogP contribution in [0.1, 0.15) is 54.3 Å². The van der Waals surface area contributed by atoms with E-state index in [1.54, 1.807) is 6.92 Å². The molecule has 0 amide bonds. The molecule has 5 rings (SSSR count). The molecule has 1 aliphatic carbocycles. The maximum Gasteiger partial charge on any atom is 0.306 e. The first-order chi connectivity index (χ1) is 18.4. The minimum atomic E-state index is -0.730. The van der Waals surface area contributed by atoms with E-state index in [1.807, 2.05) is 6.07 Å². The van der Waals surface area contributed by atoms with E-state index in [9.17, 15) is 9.90 Å². The molecule has 0 spiro atoms. The third-order valence-corrected chi connectivity index (χ3v) is 8.09. The Balaban J connectivity index is 1.24. The fourth-order valence-corrected chi connectivity index (χ4v) is 5.69. The van der Waals surface area contributed by atoms with Crippen LogP contribution in [0.4, 0.5) is 0 Å². The van der Waals surface area contributed by atoms with Crippen LogP contribution in [-0.2, 0) is 31.1 Å². The van der Waals surface area contributed by atoms with Crippen LogP contribution in [0.2, 0.25) is 0 Å². The van der Waals surface area contributed by atoms with Gasteiger partial charge in [0.05, 0.1) is 18.2 Å². The number of imidazole rings is 1. The van der Waals surface area contributed by atoms with Gasteiger partial charge in [0.15, 0.2) is 0 Å². The molecule has 0 aliphatic heterocycles. The number of hydrogen-bond donors (Lipinski definition) is 1. The van der Waals surface area contributed by atoms with Gasteiger partial charge in [-0.1, -0.05) is 68.4 Å². The fraction of sp³-hybridized carbons (Fsp3) is 0.333. The molecule has 1 N–H and O–H groups in total. The normalized spacial score (nSPS) is 15.3. The third-order valence-electron chi connectivity index (χ3n) is 8.09. The summed E-state index contributed by atoms with van der Waals surface area (Å²) in [6.07, 6.45) is 3.59. The Labute approximate surface area is 225 Å². The number of benzene rings is 3. The van der Waals surface area contributed by atoms with E-state index in [0.29, 0.717) is 6.61 Å². The molecule has 3 aromatic carbocycles. The van der Waals surface area contributed by atoms with E-state index < -0.39 is 5.97 Å². The lowest BCUT2D eigenvalue weighted by atomic mass is 9.89. The zero-order chi connectivity index (χ0) is 26.8. The molecule has 196 valence electrons. The van der Waals surface area contributed by atoms with Crippen molar-refractivity contribution in [3.63, 3.8) is 0 Å². The Morgan fingerprint density at radius 3 is 2.37 bits per heavy atom. The largest absolute Gasteiger partial charge is 0.493 e. The number of carboxylic acid groups (broad SMARTS) is 1. The number of rotatable bonds is 9. The van der Waals surface area contributed by atoms with Crippen molar-refractivity contribution in [1.29, 1.82) is 0 Å². The summed E-state index contributed by atoms with van der Waals surface area (Å²) in [6, 6.07) is 23.5. The molecular weight excluding hydrogens is 472 g/mol. The summed E-state index contributed by atoms with van der Waals surface area (Å²) in [5, 5.41) is 9.41. The molecule has 0 fully saturated rings. The smallest absolute Gasteiger partial charge is 0.306 e. The highest BCUT2D eigenvalue weighted by Gasteiger charge is 2.31. The fourth-order valence-electron chi connectivity index (χ4n) is 5.69. The summed E-state index contributed by atoms with van der Waals surface area (Å²) in [5.74, 6) is 0.791. The number of hydrogen-bond acceptors (Lipinski definition) is 3. The molecule has 5 nitrogen and oxygen atoms in total. The van der Waals surface area contributed by atoms with Crippen molar-refractivity contribution in [3.05, 3.63) is 94.8 Å². The van der Waals surface area contributed by atoms with Crippen LogP contribution in [0.5, 0.6) is 5.75 Å². The Bertz CT molecular complexity index is 1430. The second kappa shape index (κ2) is 10.9. The molecule has 1 aliphatic rings. The van der Waals surface area contributed by atoms with E-state index in [2.05, 4.69) is 86.1 Å². The molecule has 0 radical (unpaired) electrons. The monoisotopic (exact) mass is 508 g/mol. The molecule has 0 saturated heterocycles. The topological polar surface area (TPSA) is 64.3 Å². The SMILES string of the molecule is CCc1ccc(-c2ccc(-c3nc(C)c(CCOc4ccc5c(c4)CC[C@H]5[C@H](C)C(=O)O)n3C)cc2)cc1. The highest BCUT2D eigenvalue weighted by Crippen LogP contribution is 2.40. The van der Waals surface area contributed by atoms with Crippen LogP contribution in [0, 0.1) is 12.8 Å². The molecule has 0 bridgehead atoms. The summed E-state index contributed by atoms with van der Waals surface area (Å²) < 4.78 is 8.30. The van der Waals surface area contributed by atoms with E-state index in [4.69, 9.17) is 9.72 Å². The highest BCUT2D eigenvalue weighted by atomic mass is 16.5. The number of aliphatic carboxylic acids is 1. The van der Waals surface area contributed by atoms with E-state index in [0.717, 1.165) is 59.8 Å². The van der Waals surface area contributed by atoms with E-state index in [-0.39, 0.29) is 11.8 Å². The van der Waals surface area contributed by atoms with Crippen molar-refractivity contribution in [2.45, 2.75) is 52.4 Å². The number of aromatic nitrogens is 2. The average Bonchev–Trinajstić information content (AvgIpc) is 3.48. The Hall–Kier alpha value is -3.86. The number of nitrogens with zero attached hydrogens (tertiary/aromatic N) is 2. The lowest BCUT2D eigenvalue weighted by Crippen LogP contribution is -2.17. The Kier molecular flexibility index (Phi) is 7.37. The highest BCUT2D eigenvalue weighted by molar-refractivity contribution is 5.71. The van der Waals surface area contributed by atoms with Crippen molar-refractivity contribution in [2.24, 2.45) is 13.0 Å². The summed E-state index contributed by atoms with van der Waals surface area (Å²) in [5.41, 5.74) is 9.42. The van der Waals surface area contributed by atoms with Crippen molar-refractivity contribution >= 4 is 5.97 Å². The molecule has 4 aromatic rings. The molecular formula is C33H36N2O3. The Morgan fingerprint density at radius 1 is 1.05 bits per heavy atom. The van der Waals surface area contributed by atoms with Crippen LogP contribution < -0.4 is 4.74 Å². The van der Waals surface area contributed by atoms with Gasteiger partial charge >= 0.3 is 5.97 Å². The van der Waals surface area contributed by atoms with Crippen LogP contribution in [-0.4, -0.2) is 27.2 Å². The maximum atomic E-state index is 11.4. The quantitative estimate of drug-likeness (QED) is 0.264. The average molecular weight is 509 g/mol. The van der Waals surface area contributed by atoms with Crippen LogP contribution in [0.25, 0.3) is 22.5 Å². The molecule has 2 atom stereocenters. The van der Waals surface area contributed by atoms with Crippen molar-refractivity contribution in [1.82, 2.24) is 9.55 Å².